The predicted molar refractivity (Wildman–Crippen MR) is 105 cm³/mol. The molecule has 0 atom stereocenters. The van der Waals surface area contributed by atoms with Gasteiger partial charge in [0.05, 0.1) is 11.4 Å². The number of carbonyl (C=O) groups is 2. The van der Waals surface area contributed by atoms with Crippen LogP contribution in [-0.4, -0.2) is 55.5 Å². The molecular weight excluding hydrogens is 401 g/mol. The van der Waals surface area contributed by atoms with Crippen LogP contribution in [0.1, 0.15) is 36.0 Å². The van der Waals surface area contributed by atoms with Gasteiger partial charge in [0.25, 0.3) is 0 Å². The van der Waals surface area contributed by atoms with Gasteiger partial charge in [0.15, 0.2) is 0 Å². The molecule has 1 N–H and O–H groups in total. The zero-order valence-electron chi connectivity index (χ0n) is 16.3. The van der Waals surface area contributed by atoms with Gasteiger partial charge >= 0.3 is 18.1 Å². The summed E-state index contributed by atoms with van der Waals surface area (Å²) in [6.45, 7) is 1.38. The average Bonchev–Trinajstić information content (AvgIpc) is 2.73. The molecule has 0 aliphatic carbocycles. The Morgan fingerprint density at radius 2 is 1.80 bits per heavy atom. The minimum Gasteiger partial charge on any atom is -0.478 e. The first-order valence-electron chi connectivity index (χ1n) is 9.79. The van der Waals surface area contributed by atoms with E-state index in [9.17, 15) is 27.9 Å². The molecule has 2 fully saturated rings. The number of alkyl halides is 3. The van der Waals surface area contributed by atoms with Crippen LogP contribution in [0.5, 0.6) is 0 Å². The van der Waals surface area contributed by atoms with Crippen LogP contribution in [-0.2, 0) is 9.53 Å². The number of amides is 1. The highest BCUT2D eigenvalue weighted by molar-refractivity contribution is 6.07. The Hall–Kier alpha value is -2.73. The predicted octanol–water partition coefficient (Wildman–Crippen LogP) is 3.31. The van der Waals surface area contributed by atoms with E-state index in [0.717, 1.165) is 0 Å². The number of halogens is 3. The summed E-state index contributed by atoms with van der Waals surface area (Å²) in [5.74, 6) is -0.681. The van der Waals surface area contributed by atoms with Crippen LogP contribution in [0, 0.1) is 18.3 Å². The van der Waals surface area contributed by atoms with Gasteiger partial charge in [-0.3, -0.25) is 4.79 Å². The molecule has 0 radical (unpaired) electrons. The standard InChI is InChI=1S/C21H23F3N2O4/c1-2-14-6-10-25(11-7-14)16-4-3-5-17(18(16)19(27)28)26(20(29)21(22,23)24)15-8-12-30-13-9-15/h1,3-5,14-15H,6-13H2,(H,27,28). The van der Waals surface area contributed by atoms with Crippen molar-refractivity contribution in [1.29, 1.82) is 0 Å². The van der Waals surface area contributed by atoms with E-state index in [0.29, 0.717) is 36.5 Å². The Morgan fingerprint density at radius 3 is 2.33 bits per heavy atom. The van der Waals surface area contributed by atoms with E-state index in [1.54, 1.807) is 11.0 Å². The summed E-state index contributed by atoms with van der Waals surface area (Å²) < 4.78 is 45.4. The molecule has 0 bridgehead atoms. The maximum Gasteiger partial charge on any atom is 0.471 e. The summed E-state index contributed by atoms with van der Waals surface area (Å²) in [7, 11) is 0. The topological polar surface area (TPSA) is 70.1 Å². The lowest BCUT2D eigenvalue weighted by Crippen LogP contribution is -2.50. The van der Waals surface area contributed by atoms with Gasteiger partial charge in [-0.25, -0.2) is 4.79 Å². The van der Waals surface area contributed by atoms with Crippen molar-refractivity contribution in [3.63, 3.8) is 0 Å². The molecule has 6 nitrogen and oxygen atoms in total. The highest BCUT2D eigenvalue weighted by Gasteiger charge is 2.46. The van der Waals surface area contributed by atoms with E-state index < -0.39 is 24.1 Å². The second-order valence-electron chi connectivity index (χ2n) is 7.42. The molecule has 0 aromatic heterocycles. The van der Waals surface area contributed by atoms with E-state index in [1.165, 1.54) is 12.1 Å². The van der Waals surface area contributed by atoms with Crippen LogP contribution in [0.25, 0.3) is 0 Å². The van der Waals surface area contributed by atoms with Crippen molar-refractivity contribution in [2.24, 2.45) is 5.92 Å². The second-order valence-corrected chi connectivity index (χ2v) is 7.42. The maximum absolute atomic E-state index is 13.4. The van der Waals surface area contributed by atoms with Crippen LogP contribution >= 0.6 is 0 Å². The molecule has 0 unspecified atom stereocenters. The molecule has 2 heterocycles. The number of hydrogen-bond donors (Lipinski definition) is 1. The number of terminal acetylenes is 1. The molecule has 30 heavy (non-hydrogen) atoms. The minimum absolute atomic E-state index is 0.0863. The molecule has 2 aliphatic rings. The third kappa shape index (κ3) is 4.54. The Kier molecular flexibility index (Phi) is 6.56. The van der Waals surface area contributed by atoms with Gasteiger partial charge in [-0.2, -0.15) is 13.2 Å². The van der Waals surface area contributed by atoms with Crippen molar-refractivity contribution in [2.75, 3.05) is 36.1 Å². The van der Waals surface area contributed by atoms with Crippen LogP contribution in [0.15, 0.2) is 18.2 Å². The maximum atomic E-state index is 13.4. The van der Waals surface area contributed by atoms with E-state index >= 15 is 0 Å². The summed E-state index contributed by atoms with van der Waals surface area (Å²) in [6, 6.07) is 3.51. The van der Waals surface area contributed by atoms with Crippen molar-refractivity contribution in [1.82, 2.24) is 0 Å². The molecule has 9 heteroatoms. The molecule has 2 saturated heterocycles. The Labute approximate surface area is 172 Å². The smallest absolute Gasteiger partial charge is 0.471 e. The molecular formula is C21H23F3N2O4. The van der Waals surface area contributed by atoms with Gasteiger partial charge in [0.2, 0.25) is 0 Å². The van der Waals surface area contributed by atoms with Crippen molar-refractivity contribution >= 4 is 23.3 Å². The number of carboxylic acid groups (broad SMARTS) is 1. The van der Waals surface area contributed by atoms with Gasteiger partial charge in [-0.15, -0.1) is 12.3 Å². The highest BCUT2D eigenvalue weighted by Crippen LogP contribution is 2.37. The molecule has 2 aliphatic heterocycles. The van der Waals surface area contributed by atoms with Crippen LogP contribution in [0.3, 0.4) is 0 Å². The van der Waals surface area contributed by atoms with E-state index in [-0.39, 0.29) is 43.2 Å². The van der Waals surface area contributed by atoms with Crippen LogP contribution in [0.2, 0.25) is 0 Å². The summed E-state index contributed by atoms with van der Waals surface area (Å²) in [5.41, 5.74) is -0.253. The Morgan fingerprint density at radius 1 is 1.17 bits per heavy atom. The fraction of sp³-hybridized carbons (Fsp3) is 0.524. The number of carbonyl (C=O) groups excluding carboxylic acids is 1. The summed E-state index contributed by atoms with van der Waals surface area (Å²) in [6.07, 6.45) is 2.03. The van der Waals surface area contributed by atoms with Gasteiger partial charge in [0, 0.05) is 38.3 Å². The van der Waals surface area contributed by atoms with E-state index in [1.807, 2.05) is 0 Å². The molecule has 3 rings (SSSR count). The summed E-state index contributed by atoms with van der Waals surface area (Å²) in [5, 5.41) is 9.90. The lowest BCUT2D eigenvalue weighted by Gasteiger charge is -2.37. The van der Waals surface area contributed by atoms with Crippen molar-refractivity contribution < 1.29 is 32.6 Å². The SMILES string of the molecule is C#CC1CCN(c2cccc(N(C(=O)C(F)(F)F)C3CCOCC3)c2C(=O)O)CC1. The summed E-state index contributed by atoms with van der Waals surface area (Å²) >= 11 is 0. The fourth-order valence-corrected chi connectivity index (χ4v) is 4.05. The average molecular weight is 424 g/mol. The van der Waals surface area contributed by atoms with Gasteiger partial charge < -0.3 is 19.6 Å². The molecule has 162 valence electrons. The first kappa shape index (κ1) is 22.0. The fourth-order valence-electron chi connectivity index (χ4n) is 4.05. The largest absolute Gasteiger partial charge is 0.478 e. The molecule has 1 amide bonds. The van der Waals surface area contributed by atoms with E-state index in [2.05, 4.69) is 5.92 Å². The van der Waals surface area contributed by atoms with E-state index in [4.69, 9.17) is 11.2 Å². The summed E-state index contributed by atoms with van der Waals surface area (Å²) in [4.78, 5) is 26.9. The number of anilines is 2. The number of ether oxygens (including phenoxy) is 1. The number of carboxylic acids is 1. The lowest BCUT2D eigenvalue weighted by molar-refractivity contribution is -0.171. The van der Waals surface area contributed by atoms with Crippen molar-refractivity contribution in [2.45, 2.75) is 37.9 Å². The number of benzene rings is 1. The van der Waals surface area contributed by atoms with Gasteiger partial charge in [-0.05, 0) is 37.8 Å². The monoisotopic (exact) mass is 424 g/mol. The molecule has 0 spiro atoms. The lowest BCUT2D eigenvalue weighted by atomic mass is 9.96. The Bertz CT molecular complexity index is 836. The quantitative estimate of drug-likeness (QED) is 0.751. The number of rotatable bonds is 4. The van der Waals surface area contributed by atoms with Crippen molar-refractivity contribution in [3.8, 4) is 12.3 Å². The Balaban J connectivity index is 2.06. The minimum atomic E-state index is -5.13. The normalized spacial score (nSPS) is 18.7. The number of hydrogen-bond acceptors (Lipinski definition) is 4. The van der Waals surface area contributed by atoms with Gasteiger partial charge in [0.1, 0.15) is 5.56 Å². The zero-order chi connectivity index (χ0) is 21.9. The van der Waals surface area contributed by atoms with Gasteiger partial charge in [-0.1, -0.05) is 6.07 Å². The number of piperidine rings is 1. The van der Waals surface area contributed by atoms with Crippen LogP contribution < -0.4 is 9.80 Å². The van der Waals surface area contributed by atoms with Crippen LogP contribution in [0.4, 0.5) is 24.5 Å². The zero-order valence-corrected chi connectivity index (χ0v) is 16.3. The number of nitrogens with zero attached hydrogens (tertiary/aromatic N) is 2. The highest BCUT2D eigenvalue weighted by atomic mass is 19.4. The third-order valence-electron chi connectivity index (χ3n) is 5.58. The van der Waals surface area contributed by atoms with Crippen molar-refractivity contribution in [3.05, 3.63) is 23.8 Å². The second kappa shape index (κ2) is 8.96. The molecule has 0 saturated carbocycles. The molecule has 1 aromatic rings. The number of aromatic carboxylic acids is 1. The first-order chi connectivity index (χ1) is 14.2. The third-order valence-corrected chi connectivity index (χ3v) is 5.58. The first-order valence-corrected chi connectivity index (χ1v) is 9.79. The molecule has 1 aromatic carbocycles.